The number of benzene rings is 1. The van der Waals surface area contributed by atoms with E-state index in [0.29, 0.717) is 18.7 Å². The average Bonchev–Trinajstić information content (AvgIpc) is 2.46. The first-order chi connectivity index (χ1) is 9.90. The van der Waals surface area contributed by atoms with Crippen molar-refractivity contribution in [3.63, 3.8) is 0 Å². The van der Waals surface area contributed by atoms with Gasteiger partial charge < -0.3 is 9.64 Å². The molecule has 1 aromatic carbocycles. The molecule has 0 saturated carbocycles. The molecule has 1 aromatic rings. The predicted octanol–water partition coefficient (Wildman–Crippen LogP) is 3.85. The maximum Gasteiger partial charge on any atom is 0.573 e. The second-order valence-corrected chi connectivity index (χ2v) is 4.86. The lowest BCUT2D eigenvalue weighted by atomic mass is 10.1. The van der Waals surface area contributed by atoms with E-state index in [1.165, 1.54) is 18.2 Å². The fourth-order valence-electron chi connectivity index (χ4n) is 2.32. The van der Waals surface area contributed by atoms with Crippen molar-refractivity contribution in [2.75, 3.05) is 13.1 Å². The lowest BCUT2D eigenvalue weighted by molar-refractivity contribution is -0.274. The van der Waals surface area contributed by atoms with E-state index in [9.17, 15) is 18.0 Å². The first-order valence-electron chi connectivity index (χ1n) is 6.72. The van der Waals surface area contributed by atoms with Gasteiger partial charge in [-0.2, -0.15) is 0 Å². The Hall–Kier alpha value is -1.98. The highest BCUT2D eigenvalue weighted by molar-refractivity contribution is 5.97. The zero-order chi connectivity index (χ0) is 15.5. The van der Waals surface area contributed by atoms with Crippen LogP contribution >= 0.6 is 0 Å². The largest absolute Gasteiger partial charge is 0.573 e. The van der Waals surface area contributed by atoms with Crippen LogP contribution in [0.25, 0.3) is 6.08 Å². The van der Waals surface area contributed by atoms with E-state index < -0.39 is 18.0 Å². The summed E-state index contributed by atoms with van der Waals surface area (Å²) in [6.07, 6.45) is -0.593. The highest BCUT2D eigenvalue weighted by Gasteiger charge is 2.33. The molecule has 0 N–H and O–H groups in total. The van der Waals surface area contributed by atoms with Crippen molar-refractivity contribution in [2.24, 2.45) is 0 Å². The minimum absolute atomic E-state index is 0.0772. The molecule has 1 aliphatic rings. The number of halogens is 3. The van der Waals surface area contributed by atoms with Crippen LogP contribution in [0.3, 0.4) is 0 Å². The summed E-state index contributed by atoms with van der Waals surface area (Å²) in [5.41, 5.74) is 0.497. The molecule has 0 unspecified atom stereocenters. The van der Waals surface area contributed by atoms with E-state index in [1.807, 2.05) is 0 Å². The van der Waals surface area contributed by atoms with E-state index in [4.69, 9.17) is 0 Å². The number of rotatable bonds is 3. The number of carbonyl (C=O) groups is 1. The smallest absolute Gasteiger partial charge is 0.405 e. The summed E-state index contributed by atoms with van der Waals surface area (Å²) < 4.78 is 41.3. The van der Waals surface area contributed by atoms with Crippen LogP contribution in [0, 0.1) is 0 Å². The van der Waals surface area contributed by atoms with Gasteiger partial charge in [-0.05, 0) is 37.0 Å². The summed E-state index contributed by atoms with van der Waals surface area (Å²) in [6.45, 7) is 4.68. The second-order valence-electron chi connectivity index (χ2n) is 4.86. The summed E-state index contributed by atoms with van der Waals surface area (Å²) in [4.78, 5) is 14.0. The normalized spacial score (nSPS) is 15.7. The third kappa shape index (κ3) is 4.00. The van der Waals surface area contributed by atoms with Gasteiger partial charge >= 0.3 is 6.36 Å². The Bertz CT molecular complexity index is 534. The van der Waals surface area contributed by atoms with Crippen LogP contribution in [0.5, 0.6) is 5.75 Å². The molecule has 1 amide bonds. The Morgan fingerprint density at radius 2 is 1.90 bits per heavy atom. The van der Waals surface area contributed by atoms with Crippen molar-refractivity contribution in [2.45, 2.75) is 25.6 Å². The van der Waals surface area contributed by atoms with Crippen LogP contribution in [0.2, 0.25) is 0 Å². The van der Waals surface area contributed by atoms with Crippen molar-refractivity contribution in [1.29, 1.82) is 0 Å². The summed E-state index contributed by atoms with van der Waals surface area (Å²) in [7, 11) is 0. The molecule has 21 heavy (non-hydrogen) atoms. The number of hydrogen-bond donors (Lipinski definition) is 0. The summed E-state index contributed by atoms with van der Waals surface area (Å²) in [5.74, 6) is -0.902. The number of nitrogens with zero attached hydrogens (tertiary/aromatic N) is 1. The van der Waals surface area contributed by atoms with E-state index in [2.05, 4.69) is 11.3 Å². The van der Waals surface area contributed by atoms with E-state index >= 15 is 0 Å². The van der Waals surface area contributed by atoms with E-state index in [1.54, 1.807) is 4.90 Å². The predicted molar refractivity (Wildman–Crippen MR) is 73.0 cm³/mol. The third-order valence-corrected chi connectivity index (χ3v) is 3.34. The molecule has 0 atom stereocenters. The van der Waals surface area contributed by atoms with Crippen molar-refractivity contribution in [1.82, 2.24) is 4.90 Å². The van der Waals surface area contributed by atoms with Gasteiger partial charge in [0.1, 0.15) is 5.75 Å². The Kier molecular flexibility index (Phi) is 4.55. The monoisotopic (exact) mass is 299 g/mol. The molecule has 6 heteroatoms. The van der Waals surface area contributed by atoms with Crippen LogP contribution in [-0.2, 0) is 0 Å². The van der Waals surface area contributed by atoms with Gasteiger partial charge in [-0.15, -0.1) is 13.2 Å². The van der Waals surface area contributed by atoms with Crippen molar-refractivity contribution >= 4 is 12.0 Å². The first kappa shape index (κ1) is 15.4. The standard InChI is InChI=1S/C15H16F3NO2/c1-2-11-6-7-13(21-15(16,17)18)12(10-11)14(20)19-8-4-3-5-9-19/h2,6-7,10H,1,3-5,8-9H2. The van der Waals surface area contributed by atoms with Gasteiger partial charge in [0.2, 0.25) is 0 Å². The first-order valence-corrected chi connectivity index (χ1v) is 6.72. The molecule has 0 aliphatic carbocycles. The van der Waals surface area contributed by atoms with Gasteiger partial charge in [0.05, 0.1) is 5.56 Å². The number of carbonyl (C=O) groups excluding carboxylic acids is 1. The molecule has 1 heterocycles. The van der Waals surface area contributed by atoms with Crippen LogP contribution in [0.1, 0.15) is 35.2 Å². The third-order valence-electron chi connectivity index (χ3n) is 3.34. The molecule has 0 aromatic heterocycles. The van der Waals surface area contributed by atoms with Crippen molar-refractivity contribution in [3.05, 3.63) is 35.9 Å². The Balaban J connectivity index is 2.33. The molecule has 0 bridgehead atoms. The van der Waals surface area contributed by atoms with Crippen LogP contribution < -0.4 is 4.74 Å². The SMILES string of the molecule is C=Cc1ccc(OC(F)(F)F)c(C(=O)N2CCCCC2)c1. The molecule has 2 rings (SSSR count). The van der Waals surface area contributed by atoms with Crippen molar-refractivity contribution in [3.8, 4) is 5.75 Å². The summed E-state index contributed by atoms with van der Waals surface area (Å²) in [5, 5.41) is 0. The highest BCUT2D eigenvalue weighted by Crippen LogP contribution is 2.29. The molecule has 1 fully saturated rings. The minimum Gasteiger partial charge on any atom is -0.405 e. The number of piperidine rings is 1. The zero-order valence-corrected chi connectivity index (χ0v) is 11.4. The maximum atomic E-state index is 12.4. The van der Waals surface area contributed by atoms with Gasteiger partial charge in [-0.3, -0.25) is 4.79 Å². The number of ether oxygens (including phenoxy) is 1. The fourth-order valence-corrected chi connectivity index (χ4v) is 2.32. The lowest BCUT2D eigenvalue weighted by Crippen LogP contribution is -2.36. The average molecular weight is 299 g/mol. The number of alkyl halides is 3. The molecular formula is C15H16F3NO2. The van der Waals surface area contributed by atoms with Crippen molar-refractivity contribution < 1.29 is 22.7 Å². The Morgan fingerprint density at radius 3 is 2.48 bits per heavy atom. The molecule has 0 spiro atoms. The molecule has 114 valence electrons. The number of hydrogen-bond acceptors (Lipinski definition) is 2. The van der Waals surface area contributed by atoms with Gasteiger partial charge in [-0.1, -0.05) is 18.7 Å². The van der Waals surface area contributed by atoms with E-state index in [0.717, 1.165) is 25.3 Å². The Labute approximate surface area is 121 Å². The van der Waals surface area contributed by atoms with Gasteiger partial charge in [-0.25, -0.2) is 0 Å². The fraction of sp³-hybridized carbons (Fsp3) is 0.400. The summed E-state index contributed by atoms with van der Waals surface area (Å²) >= 11 is 0. The summed E-state index contributed by atoms with van der Waals surface area (Å²) in [6, 6.07) is 3.97. The molecule has 1 saturated heterocycles. The van der Waals surface area contributed by atoms with E-state index in [-0.39, 0.29) is 5.56 Å². The quantitative estimate of drug-likeness (QED) is 0.848. The van der Waals surface area contributed by atoms with Gasteiger partial charge in [0, 0.05) is 13.1 Å². The topological polar surface area (TPSA) is 29.5 Å². The second kappa shape index (κ2) is 6.20. The van der Waals surface area contributed by atoms with Crippen LogP contribution in [-0.4, -0.2) is 30.3 Å². The highest BCUT2D eigenvalue weighted by atomic mass is 19.4. The maximum absolute atomic E-state index is 12.4. The van der Waals surface area contributed by atoms with Gasteiger partial charge in [0.15, 0.2) is 0 Å². The minimum atomic E-state index is -4.83. The van der Waals surface area contributed by atoms with Gasteiger partial charge in [0.25, 0.3) is 5.91 Å². The van der Waals surface area contributed by atoms with Crippen LogP contribution in [0.4, 0.5) is 13.2 Å². The molecule has 0 radical (unpaired) electrons. The Morgan fingerprint density at radius 1 is 1.24 bits per heavy atom. The number of likely N-dealkylation sites (tertiary alicyclic amines) is 1. The molecular weight excluding hydrogens is 283 g/mol. The molecule has 3 nitrogen and oxygen atoms in total. The van der Waals surface area contributed by atoms with Crippen LogP contribution in [0.15, 0.2) is 24.8 Å². The lowest BCUT2D eigenvalue weighted by Gasteiger charge is -2.27. The number of amides is 1. The molecule has 1 aliphatic heterocycles. The zero-order valence-electron chi connectivity index (χ0n) is 11.4.